The number of carboxylic acids is 1. The molecule has 0 aliphatic carbocycles. The van der Waals surface area contributed by atoms with Gasteiger partial charge in [-0.05, 0) is 48.7 Å². The predicted octanol–water partition coefficient (Wildman–Crippen LogP) is 3.68. The quantitative estimate of drug-likeness (QED) is 0.176. The van der Waals surface area contributed by atoms with E-state index in [4.69, 9.17) is 0 Å². The normalized spacial score (nSPS) is 14.5. The number of carboxylic acid groups (broad SMARTS) is 1. The second-order valence-electron chi connectivity index (χ2n) is 10.5. The van der Waals surface area contributed by atoms with Gasteiger partial charge in [0.1, 0.15) is 0 Å². The smallest absolute Gasteiger partial charge is 1.00 e. The number of halogens is 1. The van der Waals surface area contributed by atoms with Crippen LogP contribution in [0, 0.1) is 15.9 Å². The molecule has 1 aliphatic heterocycles. The van der Waals surface area contributed by atoms with E-state index in [9.17, 15) is 20.0 Å². The van der Waals surface area contributed by atoms with Gasteiger partial charge in [-0.15, -0.1) is 0 Å². The summed E-state index contributed by atoms with van der Waals surface area (Å²) in [6, 6.07) is 31.2. The Morgan fingerprint density at radius 1 is 0.857 bits per heavy atom. The van der Waals surface area contributed by atoms with Crippen LogP contribution in [0.25, 0.3) is 0 Å². The number of carbonyl (C=O) groups is 1. The van der Waals surface area contributed by atoms with E-state index in [1.54, 1.807) is 4.90 Å². The third-order valence-electron chi connectivity index (χ3n) is 7.92. The van der Waals surface area contributed by atoms with Crippen molar-refractivity contribution in [3.05, 3.63) is 141 Å². The Kier molecular flexibility index (Phi) is 10.5. The minimum Gasteiger partial charge on any atom is -1.00 e. The first kappa shape index (κ1) is 31.4. The number of benzene rings is 4. The fourth-order valence-corrected chi connectivity index (χ4v) is 5.73. The number of likely N-dealkylation sites (tertiary alicyclic amines) is 1. The van der Waals surface area contributed by atoms with Gasteiger partial charge in [-0.25, -0.2) is 4.39 Å². The van der Waals surface area contributed by atoms with E-state index < -0.39 is 22.1 Å². The van der Waals surface area contributed by atoms with Crippen LogP contribution < -0.4 is 34.5 Å². The number of hydrogen-bond acceptors (Lipinski definition) is 5. The molecular formula is C33H33FN3NaO4. The van der Waals surface area contributed by atoms with Crippen molar-refractivity contribution in [3.63, 3.8) is 0 Å². The molecule has 9 heteroatoms. The summed E-state index contributed by atoms with van der Waals surface area (Å²) in [4.78, 5) is 28.2. The molecule has 0 unspecified atom stereocenters. The maximum Gasteiger partial charge on any atom is 1.00 e. The zero-order valence-corrected chi connectivity index (χ0v) is 25.7. The summed E-state index contributed by atoms with van der Waals surface area (Å²) in [7, 11) is 0. The van der Waals surface area contributed by atoms with Crippen molar-refractivity contribution < 1.29 is 50.2 Å². The molecule has 0 amide bonds. The molecule has 7 nitrogen and oxygen atoms in total. The maximum absolute atomic E-state index is 16.8. The van der Waals surface area contributed by atoms with Crippen molar-refractivity contribution in [2.75, 3.05) is 18.0 Å². The monoisotopic (exact) mass is 577 g/mol. The molecule has 0 radical (unpaired) electrons. The molecule has 1 heterocycles. The van der Waals surface area contributed by atoms with Gasteiger partial charge in [-0.3, -0.25) is 19.8 Å². The molecular weight excluding hydrogens is 544 g/mol. The zero-order chi connectivity index (χ0) is 28.8. The van der Waals surface area contributed by atoms with Gasteiger partial charge in [0.05, 0.1) is 10.3 Å². The number of anilines is 1. The van der Waals surface area contributed by atoms with E-state index >= 15 is 4.39 Å². The number of nitrogens with zero attached hydrogens (tertiary/aromatic N) is 3. The molecule has 4 aromatic rings. The fraction of sp³-hybridized carbons (Fsp3) is 0.242. The van der Waals surface area contributed by atoms with Crippen LogP contribution in [0.15, 0.2) is 103 Å². The van der Waals surface area contributed by atoms with E-state index in [1.165, 1.54) is 12.1 Å². The number of aliphatic carboxylic acids is 1. The number of rotatable bonds is 10. The number of nitro benzene ring substituents is 1. The van der Waals surface area contributed by atoms with E-state index in [0.717, 1.165) is 16.7 Å². The molecule has 1 saturated heterocycles. The summed E-state index contributed by atoms with van der Waals surface area (Å²) in [5.74, 6) is -1.96. The fourth-order valence-electron chi connectivity index (χ4n) is 5.73. The molecule has 42 heavy (non-hydrogen) atoms. The van der Waals surface area contributed by atoms with Gasteiger partial charge in [0.2, 0.25) is 0 Å². The maximum atomic E-state index is 16.8. The Labute approximate surface area is 268 Å². The minimum absolute atomic E-state index is 0. The van der Waals surface area contributed by atoms with E-state index in [1.807, 2.05) is 91.0 Å². The van der Waals surface area contributed by atoms with Gasteiger partial charge in [-0.2, -0.15) is 0 Å². The molecule has 1 fully saturated rings. The van der Waals surface area contributed by atoms with E-state index in [0.29, 0.717) is 19.6 Å². The Morgan fingerprint density at radius 2 is 1.33 bits per heavy atom. The summed E-state index contributed by atoms with van der Waals surface area (Å²) in [6.07, 6.45) is 0.390. The number of hydrogen-bond donors (Lipinski definition) is 1. The van der Waals surface area contributed by atoms with Crippen LogP contribution in [0.5, 0.6) is 0 Å². The topological polar surface area (TPSA) is 86.9 Å². The Balaban J connectivity index is 0.00000253. The van der Waals surface area contributed by atoms with Crippen LogP contribution in [0.2, 0.25) is 0 Å². The summed E-state index contributed by atoms with van der Waals surface area (Å²) >= 11 is 0. The molecule has 0 spiro atoms. The molecule has 0 bridgehead atoms. The SMILES string of the molecule is O=C(O)C1(c2ccc([N+](=O)[O-])c(N(Cc3ccccc3)Cc3ccccc3)c2F)CCN(Cc2ccccc2)CC1.[H-].[Na+]. The predicted molar refractivity (Wildman–Crippen MR) is 157 cm³/mol. The van der Waals surface area contributed by atoms with Crippen LogP contribution in [-0.2, 0) is 29.8 Å². The zero-order valence-electron chi connectivity index (χ0n) is 24.7. The summed E-state index contributed by atoms with van der Waals surface area (Å²) in [5, 5.41) is 22.7. The second-order valence-corrected chi connectivity index (χ2v) is 10.5. The largest absolute Gasteiger partial charge is 1.00 e. The summed E-state index contributed by atoms with van der Waals surface area (Å²) < 4.78 is 16.8. The van der Waals surface area contributed by atoms with Crippen LogP contribution in [0.4, 0.5) is 15.8 Å². The third-order valence-corrected chi connectivity index (χ3v) is 7.92. The molecule has 0 aromatic heterocycles. The van der Waals surface area contributed by atoms with Gasteiger partial charge in [0.25, 0.3) is 5.69 Å². The first-order valence-electron chi connectivity index (χ1n) is 13.7. The molecule has 212 valence electrons. The summed E-state index contributed by atoms with van der Waals surface area (Å²) in [5.41, 5.74) is 0.751. The van der Waals surface area contributed by atoms with Crippen molar-refractivity contribution in [1.82, 2.24) is 4.90 Å². The Hall–Kier alpha value is -3.56. The second kappa shape index (κ2) is 14.1. The van der Waals surface area contributed by atoms with Crippen molar-refractivity contribution in [2.45, 2.75) is 37.9 Å². The standard InChI is InChI=1S/C33H32FN3O4.Na.H/c34-30-28(33(32(38)39)18-20-35(21-19-33)22-25-10-4-1-5-11-25)16-17-29(37(40)41)31(30)36(23-26-12-6-2-7-13-26)24-27-14-8-3-9-15-27;;/h1-17H,18-24H2,(H,38,39);;/q;+1;-1. The van der Waals surface area contributed by atoms with Crippen molar-refractivity contribution >= 4 is 17.3 Å². The first-order valence-corrected chi connectivity index (χ1v) is 13.7. The van der Waals surface area contributed by atoms with Gasteiger partial charge in [0.15, 0.2) is 11.5 Å². The molecule has 0 atom stereocenters. The number of nitro groups is 1. The minimum atomic E-state index is -1.49. The van der Waals surface area contributed by atoms with Gasteiger partial charge < -0.3 is 11.4 Å². The van der Waals surface area contributed by atoms with Crippen LogP contribution in [0.3, 0.4) is 0 Å². The third kappa shape index (κ3) is 6.90. The Bertz CT molecular complexity index is 1460. The number of piperidine rings is 1. The van der Waals surface area contributed by atoms with Crippen molar-refractivity contribution in [2.24, 2.45) is 0 Å². The van der Waals surface area contributed by atoms with Gasteiger partial charge in [-0.1, -0.05) is 91.0 Å². The molecule has 4 aromatic carbocycles. The Morgan fingerprint density at radius 3 is 1.79 bits per heavy atom. The summed E-state index contributed by atoms with van der Waals surface area (Å²) in [6.45, 7) is 2.02. The molecule has 1 aliphatic rings. The van der Waals surface area contributed by atoms with Crippen LogP contribution in [0.1, 0.15) is 36.5 Å². The van der Waals surface area contributed by atoms with Crippen molar-refractivity contribution in [1.29, 1.82) is 0 Å². The average molecular weight is 578 g/mol. The average Bonchev–Trinajstić information content (AvgIpc) is 2.99. The molecule has 0 saturated carbocycles. The van der Waals surface area contributed by atoms with Crippen LogP contribution in [-0.4, -0.2) is 34.0 Å². The first-order chi connectivity index (χ1) is 19.9. The van der Waals surface area contributed by atoms with E-state index in [2.05, 4.69) is 4.90 Å². The van der Waals surface area contributed by atoms with Crippen molar-refractivity contribution in [3.8, 4) is 0 Å². The van der Waals surface area contributed by atoms with Gasteiger partial charge >= 0.3 is 35.5 Å². The van der Waals surface area contributed by atoms with Crippen LogP contribution >= 0.6 is 0 Å². The molecule has 5 rings (SSSR count). The molecule has 1 N–H and O–H groups in total. The van der Waals surface area contributed by atoms with E-state index in [-0.39, 0.29) is 73.9 Å². The van der Waals surface area contributed by atoms with Gasteiger partial charge in [0, 0.05) is 31.3 Å².